The van der Waals surface area contributed by atoms with E-state index in [1.54, 1.807) is 25.1 Å². The van der Waals surface area contributed by atoms with Crippen LogP contribution in [0.5, 0.6) is 11.5 Å². The van der Waals surface area contributed by atoms with Crippen molar-refractivity contribution in [1.82, 2.24) is 0 Å². The van der Waals surface area contributed by atoms with E-state index >= 15 is 0 Å². The molecular formula is C19H17NO4. The van der Waals surface area contributed by atoms with Gasteiger partial charge in [-0.2, -0.15) is 0 Å². The normalized spacial score (nSPS) is 10.6. The Morgan fingerprint density at radius 1 is 1.04 bits per heavy atom. The van der Waals surface area contributed by atoms with E-state index in [9.17, 15) is 15.0 Å². The van der Waals surface area contributed by atoms with Crippen LogP contribution in [0.25, 0.3) is 10.8 Å². The Labute approximate surface area is 139 Å². The summed E-state index contributed by atoms with van der Waals surface area (Å²) in [6.07, 6.45) is 0. The van der Waals surface area contributed by atoms with Gasteiger partial charge in [0.25, 0.3) is 0 Å². The number of hydrogen-bond acceptors (Lipinski definition) is 4. The maximum atomic E-state index is 11.6. The monoisotopic (exact) mass is 323 g/mol. The molecule has 0 spiro atoms. The largest absolute Gasteiger partial charge is 0.504 e. The Hall–Kier alpha value is -3.21. The minimum absolute atomic E-state index is 0.0394. The van der Waals surface area contributed by atoms with Crippen LogP contribution in [0.4, 0.5) is 11.4 Å². The van der Waals surface area contributed by atoms with Gasteiger partial charge in [0.2, 0.25) is 0 Å². The molecule has 0 saturated heterocycles. The van der Waals surface area contributed by atoms with Crippen LogP contribution in [0.1, 0.15) is 15.9 Å². The van der Waals surface area contributed by atoms with Gasteiger partial charge in [0.1, 0.15) is 0 Å². The van der Waals surface area contributed by atoms with E-state index in [2.05, 4.69) is 5.32 Å². The standard InChI is InChI=1S/C19H17NO4/c1-11-15(7-8-17(21)18(11)24-2)20-16-10-13-6-4-3-5-12(13)9-14(16)19(22)23/h3-10,20-21H,1-2H3,(H,22,23). The van der Waals surface area contributed by atoms with Crippen LogP contribution in [-0.4, -0.2) is 23.3 Å². The van der Waals surface area contributed by atoms with E-state index in [0.717, 1.165) is 10.8 Å². The summed E-state index contributed by atoms with van der Waals surface area (Å²) in [5, 5.41) is 24.3. The first-order valence-corrected chi connectivity index (χ1v) is 7.41. The fraction of sp³-hybridized carbons (Fsp3) is 0.105. The van der Waals surface area contributed by atoms with Gasteiger partial charge in [-0.1, -0.05) is 24.3 Å². The van der Waals surface area contributed by atoms with Gasteiger partial charge >= 0.3 is 5.97 Å². The first kappa shape index (κ1) is 15.7. The summed E-state index contributed by atoms with van der Waals surface area (Å²) in [5.41, 5.74) is 2.03. The van der Waals surface area contributed by atoms with Gasteiger partial charge in [-0.3, -0.25) is 0 Å². The van der Waals surface area contributed by atoms with Gasteiger partial charge in [0.15, 0.2) is 11.5 Å². The average Bonchev–Trinajstić information content (AvgIpc) is 2.57. The van der Waals surface area contributed by atoms with Crippen molar-refractivity contribution in [2.75, 3.05) is 12.4 Å². The maximum Gasteiger partial charge on any atom is 0.337 e. The zero-order valence-corrected chi connectivity index (χ0v) is 13.3. The van der Waals surface area contributed by atoms with Crippen LogP contribution in [0.3, 0.4) is 0 Å². The third-order valence-electron chi connectivity index (χ3n) is 3.97. The number of aromatic hydroxyl groups is 1. The van der Waals surface area contributed by atoms with Crippen molar-refractivity contribution in [2.24, 2.45) is 0 Å². The summed E-state index contributed by atoms with van der Waals surface area (Å²) in [5.74, 6) is -0.609. The molecular weight excluding hydrogens is 306 g/mol. The number of nitrogens with one attached hydrogen (secondary N) is 1. The Balaban J connectivity index is 2.13. The molecule has 0 amide bonds. The van der Waals surface area contributed by atoms with Crippen molar-refractivity contribution in [3.63, 3.8) is 0 Å². The number of ether oxygens (including phenoxy) is 1. The fourth-order valence-corrected chi connectivity index (χ4v) is 2.74. The molecule has 24 heavy (non-hydrogen) atoms. The molecule has 0 aliphatic carbocycles. The topological polar surface area (TPSA) is 78.8 Å². The molecule has 3 N–H and O–H groups in total. The Bertz CT molecular complexity index is 934. The van der Waals surface area contributed by atoms with Gasteiger partial charge < -0.3 is 20.3 Å². The van der Waals surface area contributed by atoms with Crippen molar-refractivity contribution in [2.45, 2.75) is 6.92 Å². The van der Waals surface area contributed by atoms with Gasteiger partial charge in [-0.25, -0.2) is 4.79 Å². The minimum atomic E-state index is -1.01. The number of phenols is 1. The molecule has 0 aromatic heterocycles. The summed E-state index contributed by atoms with van der Waals surface area (Å²) in [4.78, 5) is 11.6. The first-order valence-electron chi connectivity index (χ1n) is 7.41. The Morgan fingerprint density at radius 2 is 1.71 bits per heavy atom. The van der Waals surface area contributed by atoms with Gasteiger partial charge in [-0.15, -0.1) is 0 Å². The lowest BCUT2D eigenvalue weighted by molar-refractivity contribution is 0.0698. The second-order valence-electron chi connectivity index (χ2n) is 5.47. The van der Waals surface area contributed by atoms with Gasteiger partial charge in [-0.05, 0) is 42.0 Å². The number of aromatic carboxylic acids is 1. The molecule has 0 aliphatic rings. The van der Waals surface area contributed by atoms with Crippen LogP contribution in [0, 0.1) is 6.92 Å². The molecule has 0 saturated carbocycles. The van der Waals surface area contributed by atoms with Crippen LogP contribution in [-0.2, 0) is 0 Å². The zero-order valence-electron chi connectivity index (χ0n) is 13.3. The molecule has 0 atom stereocenters. The molecule has 0 unspecified atom stereocenters. The number of carboxylic acids is 1. The number of phenolic OH excluding ortho intramolecular Hbond substituents is 1. The highest BCUT2D eigenvalue weighted by Gasteiger charge is 2.15. The van der Waals surface area contributed by atoms with Crippen molar-refractivity contribution in [3.05, 3.63) is 59.7 Å². The van der Waals surface area contributed by atoms with E-state index in [4.69, 9.17) is 4.74 Å². The second kappa shape index (κ2) is 6.12. The summed E-state index contributed by atoms with van der Waals surface area (Å²) in [6.45, 7) is 1.79. The maximum absolute atomic E-state index is 11.6. The zero-order chi connectivity index (χ0) is 17.3. The highest BCUT2D eigenvalue weighted by molar-refractivity contribution is 6.01. The molecule has 3 rings (SSSR count). The fourth-order valence-electron chi connectivity index (χ4n) is 2.74. The summed E-state index contributed by atoms with van der Waals surface area (Å²) < 4.78 is 5.20. The lowest BCUT2D eigenvalue weighted by Crippen LogP contribution is -2.04. The SMILES string of the molecule is COc1c(O)ccc(Nc2cc3ccccc3cc2C(=O)O)c1C. The Morgan fingerprint density at radius 3 is 2.33 bits per heavy atom. The molecule has 0 heterocycles. The highest BCUT2D eigenvalue weighted by atomic mass is 16.5. The average molecular weight is 323 g/mol. The van der Waals surface area contributed by atoms with E-state index in [-0.39, 0.29) is 11.3 Å². The van der Waals surface area contributed by atoms with E-state index in [1.165, 1.54) is 13.2 Å². The van der Waals surface area contributed by atoms with Gasteiger partial charge in [0, 0.05) is 11.3 Å². The number of anilines is 2. The summed E-state index contributed by atoms with van der Waals surface area (Å²) >= 11 is 0. The Kier molecular flexibility index (Phi) is 4.00. The minimum Gasteiger partial charge on any atom is -0.504 e. The van der Waals surface area contributed by atoms with Crippen LogP contribution < -0.4 is 10.1 Å². The molecule has 0 bridgehead atoms. The van der Waals surface area contributed by atoms with Crippen molar-refractivity contribution >= 4 is 28.1 Å². The lowest BCUT2D eigenvalue weighted by Gasteiger charge is -2.16. The number of fused-ring (bicyclic) bond motifs is 1. The highest BCUT2D eigenvalue weighted by Crippen LogP contribution is 2.36. The van der Waals surface area contributed by atoms with Gasteiger partial charge in [0.05, 0.1) is 18.4 Å². The van der Waals surface area contributed by atoms with Crippen LogP contribution in [0.15, 0.2) is 48.5 Å². The quantitative estimate of drug-likeness (QED) is 0.624. The van der Waals surface area contributed by atoms with Crippen molar-refractivity contribution < 1.29 is 19.7 Å². The number of methoxy groups -OCH3 is 1. The molecule has 0 fully saturated rings. The second-order valence-corrected chi connectivity index (χ2v) is 5.47. The van der Waals surface area contributed by atoms with Crippen LogP contribution >= 0.6 is 0 Å². The molecule has 5 heteroatoms. The number of carbonyl (C=O) groups is 1. The predicted molar refractivity (Wildman–Crippen MR) is 93.6 cm³/mol. The third-order valence-corrected chi connectivity index (χ3v) is 3.97. The van der Waals surface area contributed by atoms with E-state index < -0.39 is 5.97 Å². The molecule has 122 valence electrons. The molecule has 3 aromatic rings. The molecule has 5 nitrogen and oxygen atoms in total. The smallest absolute Gasteiger partial charge is 0.337 e. The third kappa shape index (κ3) is 2.72. The first-order chi connectivity index (χ1) is 11.5. The van der Waals surface area contributed by atoms with E-state index in [0.29, 0.717) is 22.7 Å². The molecule has 0 radical (unpaired) electrons. The summed E-state index contributed by atoms with van der Waals surface area (Å²) in [6, 6.07) is 14.2. The number of benzene rings is 3. The molecule has 3 aromatic carbocycles. The van der Waals surface area contributed by atoms with Crippen molar-refractivity contribution in [3.8, 4) is 11.5 Å². The van der Waals surface area contributed by atoms with Crippen LogP contribution in [0.2, 0.25) is 0 Å². The predicted octanol–water partition coefficient (Wildman–Crippen LogP) is 4.30. The number of carboxylic acid groups (broad SMARTS) is 1. The lowest BCUT2D eigenvalue weighted by atomic mass is 10.0. The summed E-state index contributed by atoms with van der Waals surface area (Å²) in [7, 11) is 1.48. The van der Waals surface area contributed by atoms with Crippen molar-refractivity contribution in [1.29, 1.82) is 0 Å². The van der Waals surface area contributed by atoms with E-state index in [1.807, 2.05) is 24.3 Å². The number of rotatable bonds is 4. The molecule has 0 aliphatic heterocycles. The number of hydrogen-bond donors (Lipinski definition) is 3.